The molecule has 0 spiro atoms. The van der Waals surface area contributed by atoms with Crippen molar-refractivity contribution >= 4 is 39.7 Å². The third-order valence-electron chi connectivity index (χ3n) is 2.99. The fourth-order valence-corrected chi connectivity index (χ4v) is 2.55. The minimum atomic E-state index is -0.354. The third-order valence-corrected chi connectivity index (χ3v) is 4.15. The van der Waals surface area contributed by atoms with Crippen LogP contribution in [0.4, 0.5) is 10.8 Å². The summed E-state index contributed by atoms with van der Waals surface area (Å²) in [5, 5.41) is 15.7. The molecule has 1 aromatic heterocycles. The molecule has 1 amide bonds. The highest BCUT2D eigenvalue weighted by molar-refractivity contribution is 7.15. The highest BCUT2D eigenvalue weighted by Gasteiger charge is 2.18. The van der Waals surface area contributed by atoms with Crippen LogP contribution in [0.5, 0.6) is 0 Å². The Morgan fingerprint density at radius 1 is 1.38 bits per heavy atom. The van der Waals surface area contributed by atoms with Crippen molar-refractivity contribution in [3.05, 3.63) is 33.8 Å². The number of carbonyl (C=O) groups is 1. The Bertz CT molecular complexity index is 644. The van der Waals surface area contributed by atoms with Gasteiger partial charge in [0.2, 0.25) is 11.0 Å². The van der Waals surface area contributed by atoms with E-state index in [9.17, 15) is 4.79 Å². The first-order valence-corrected chi connectivity index (χ1v) is 7.82. The van der Waals surface area contributed by atoms with Crippen LogP contribution in [0.3, 0.4) is 0 Å². The topological polar surface area (TPSA) is 66.9 Å². The average Bonchev–Trinajstić information content (AvgIpc) is 2.85. The van der Waals surface area contributed by atoms with Crippen LogP contribution in [-0.4, -0.2) is 22.1 Å². The summed E-state index contributed by atoms with van der Waals surface area (Å²) in [5.41, 5.74) is 1.82. The van der Waals surface area contributed by atoms with Crippen molar-refractivity contribution in [2.24, 2.45) is 0 Å². The molecule has 2 aromatic rings. The van der Waals surface area contributed by atoms with Gasteiger partial charge in [0.05, 0.1) is 0 Å². The first-order valence-electron chi connectivity index (χ1n) is 6.63. The van der Waals surface area contributed by atoms with Crippen molar-refractivity contribution in [3.63, 3.8) is 0 Å². The van der Waals surface area contributed by atoms with Gasteiger partial charge in [0.25, 0.3) is 0 Å². The Labute approximate surface area is 132 Å². The lowest BCUT2D eigenvalue weighted by Crippen LogP contribution is -2.34. The summed E-state index contributed by atoms with van der Waals surface area (Å²) < 4.78 is 0. The predicted octanol–water partition coefficient (Wildman–Crippen LogP) is 3.64. The summed E-state index contributed by atoms with van der Waals surface area (Å²) in [5.74, 6) is -0.134. The van der Waals surface area contributed by atoms with Crippen LogP contribution in [0.25, 0.3) is 0 Å². The van der Waals surface area contributed by atoms with Gasteiger partial charge in [0, 0.05) is 10.7 Å². The van der Waals surface area contributed by atoms with Crippen LogP contribution in [0, 0.1) is 13.8 Å². The van der Waals surface area contributed by atoms with E-state index in [0.29, 0.717) is 16.6 Å². The smallest absolute Gasteiger partial charge is 0.248 e. The first kappa shape index (κ1) is 15.7. The van der Waals surface area contributed by atoms with Crippen molar-refractivity contribution in [2.75, 3.05) is 10.6 Å². The highest BCUT2D eigenvalue weighted by atomic mass is 35.5. The quantitative estimate of drug-likeness (QED) is 0.881. The molecule has 0 aliphatic rings. The van der Waals surface area contributed by atoms with Gasteiger partial charge in [-0.05, 0) is 38.0 Å². The fraction of sp³-hybridized carbons (Fsp3) is 0.357. The molecular formula is C14H17ClN4OS. The van der Waals surface area contributed by atoms with E-state index in [0.717, 1.165) is 16.3 Å². The minimum absolute atomic E-state index is 0.134. The van der Waals surface area contributed by atoms with Gasteiger partial charge < -0.3 is 5.32 Å². The molecule has 5 nitrogen and oxygen atoms in total. The third kappa shape index (κ3) is 4.15. The maximum absolute atomic E-state index is 12.2. The predicted molar refractivity (Wildman–Crippen MR) is 87.2 cm³/mol. The number of aryl methyl sites for hydroxylation is 2. The fourth-order valence-electron chi connectivity index (χ4n) is 1.78. The SMILES string of the molecule is CC[C@H](Nc1ccc(C)c(Cl)c1)C(=O)Nc1nnc(C)s1. The normalized spacial score (nSPS) is 12.0. The molecule has 112 valence electrons. The standard InChI is InChI=1S/C14H17ClN4OS/c1-4-12(13(20)17-14-19-18-9(3)21-14)16-10-6-5-8(2)11(15)7-10/h5-7,12,16H,4H2,1-3H3,(H,17,19,20)/t12-/m0/s1. The van der Waals surface area contributed by atoms with Crippen molar-refractivity contribution in [1.82, 2.24) is 10.2 Å². The zero-order valence-corrected chi connectivity index (χ0v) is 13.7. The lowest BCUT2D eigenvalue weighted by molar-refractivity contribution is -0.117. The number of nitrogens with one attached hydrogen (secondary N) is 2. The van der Waals surface area contributed by atoms with Gasteiger partial charge in [-0.25, -0.2) is 0 Å². The number of hydrogen-bond acceptors (Lipinski definition) is 5. The van der Waals surface area contributed by atoms with Crippen molar-refractivity contribution in [1.29, 1.82) is 0 Å². The maximum Gasteiger partial charge on any atom is 0.248 e. The van der Waals surface area contributed by atoms with E-state index in [-0.39, 0.29) is 11.9 Å². The summed E-state index contributed by atoms with van der Waals surface area (Å²) in [4.78, 5) is 12.2. The summed E-state index contributed by atoms with van der Waals surface area (Å²) in [6, 6.07) is 5.30. The Morgan fingerprint density at radius 3 is 2.71 bits per heavy atom. The second-order valence-electron chi connectivity index (χ2n) is 4.68. The number of nitrogens with zero attached hydrogens (tertiary/aromatic N) is 2. The van der Waals surface area contributed by atoms with Crippen molar-refractivity contribution < 1.29 is 4.79 Å². The van der Waals surface area contributed by atoms with Gasteiger partial charge in [-0.1, -0.05) is 35.9 Å². The molecule has 1 heterocycles. The molecule has 21 heavy (non-hydrogen) atoms. The van der Waals surface area contributed by atoms with E-state index >= 15 is 0 Å². The van der Waals surface area contributed by atoms with E-state index in [1.807, 2.05) is 39.0 Å². The number of aromatic nitrogens is 2. The van der Waals surface area contributed by atoms with Crippen LogP contribution in [0.15, 0.2) is 18.2 Å². The molecule has 7 heteroatoms. The molecule has 0 fully saturated rings. The monoisotopic (exact) mass is 324 g/mol. The zero-order chi connectivity index (χ0) is 15.4. The number of benzene rings is 1. The number of hydrogen-bond donors (Lipinski definition) is 2. The molecule has 2 N–H and O–H groups in total. The summed E-state index contributed by atoms with van der Waals surface area (Å²) in [7, 11) is 0. The van der Waals surface area contributed by atoms with Gasteiger partial charge in [0.1, 0.15) is 11.0 Å². The summed E-state index contributed by atoms with van der Waals surface area (Å²) >= 11 is 7.45. The molecule has 1 aromatic carbocycles. The molecule has 2 rings (SSSR count). The second kappa shape index (κ2) is 6.87. The van der Waals surface area contributed by atoms with Crippen LogP contribution in [-0.2, 0) is 4.79 Å². The molecule has 0 aliphatic carbocycles. The lowest BCUT2D eigenvalue weighted by Gasteiger charge is -2.17. The van der Waals surface area contributed by atoms with E-state index < -0.39 is 0 Å². The van der Waals surface area contributed by atoms with Crippen LogP contribution >= 0.6 is 22.9 Å². The van der Waals surface area contributed by atoms with E-state index in [4.69, 9.17) is 11.6 Å². The molecule has 0 saturated heterocycles. The highest BCUT2D eigenvalue weighted by Crippen LogP contribution is 2.21. The van der Waals surface area contributed by atoms with E-state index in [1.54, 1.807) is 0 Å². The molecule has 0 radical (unpaired) electrons. The Balaban J connectivity index is 2.04. The van der Waals surface area contributed by atoms with Crippen LogP contribution in [0.1, 0.15) is 23.9 Å². The zero-order valence-electron chi connectivity index (χ0n) is 12.1. The van der Waals surface area contributed by atoms with Gasteiger partial charge in [-0.15, -0.1) is 10.2 Å². The molecule has 0 aliphatic heterocycles. The summed E-state index contributed by atoms with van der Waals surface area (Å²) in [6.07, 6.45) is 0.648. The largest absolute Gasteiger partial charge is 0.374 e. The molecule has 0 bridgehead atoms. The summed E-state index contributed by atoms with van der Waals surface area (Å²) in [6.45, 7) is 5.73. The van der Waals surface area contributed by atoms with Gasteiger partial charge in [-0.3, -0.25) is 10.1 Å². The minimum Gasteiger partial charge on any atom is -0.374 e. The van der Waals surface area contributed by atoms with E-state index in [1.165, 1.54) is 11.3 Å². The lowest BCUT2D eigenvalue weighted by atomic mass is 10.1. The molecule has 1 atom stereocenters. The first-order chi connectivity index (χ1) is 9.99. The number of halogens is 1. The molecule has 0 saturated carbocycles. The van der Waals surface area contributed by atoms with Gasteiger partial charge in [0.15, 0.2) is 0 Å². The van der Waals surface area contributed by atoms with Crippen molar-refractivity contribution in [2.45, 2.75) is 33.2 Å². The molecular weight excluding hydrogens is 308 g/mol. The Hall–Kier alpha value is -1.66. The number of rotatable bonds is 5. The Kier molecular flexibility index (Phi) is 5.14. The Morgan fingerprint density at radius 2 is 2.14 bits per heavy atom. The van der Waals surface area contributed by atoms with Gasteiger partial charge >= 0.3 is 0 Å². The van der Waals surface area contributed by atoms with E-state index in [2.05, 4.69) is 20.8 Å². The number of amides is 1. The van der Waals surface area contributed by atoms with Crippen LogP contribution < -0.4 is 10.6 Å². The van der Waals surface area contributed by atoms with Crippen LogP contribution in [0.2, 0.25) is 5.02 Å². The van der Waals surface area contributed by atoms with Gasteiger partial charge in [-0.2, -0.15) is 0 Å². The average molecular weight is 325 g/mol. The maximum atomic E-state index is 12.2. The molecule has 0 unspecified atom stereocenters. The van der Waals surface area contributed by atoms with Crippen molar-refractivity contribution in [3.8, 4) is 0 Å². The second-order valence-corrected chi connectivity index (χ2v) is 6.27. The number of carbonyl (C=O) groups excluding carboxylic acids is 1. The number of anilines is 2.